The van der Waals surface area contributed by atoms with Gasteiger partial charge in [0, 0.05) is 0 Å². The van der Waals surface area contributed by atoms with Gasteiger partial charge in [0.1, 0.15) is 0 Å². The van der Waals surface area contributed by atoms with Crippen molar-refractivity contribution in [2.24, 2.45) is 17.8 Å². The van der Waals surface area contributed by atoms with E-state index in [4.69, 9.17) is 0 Å². The number of rotatable bonds is 0. The van der Waals surface area contributed by atoms with E-state index in [1.807, 2.05) is 0 Å². The summed E-state index contributed by atoms with van der Waals surface area (Å²) in [5.74, 6) is 1.96. The molecule has 0 aromatic carbocycles. The van der Waals surface area contributed by atoms with E-state index < -0.39 is 0 Å². The molecular weight excluding hydrogens is 136 g/mol. The van der Waals surface area contributed by atoms with Crippen molar-refractivity contribution in [2.75, 3.05) is 0 Å². The normalized spacial score (nSPS) is 49.3. The van der Waals surface area contributed by atoms with Crippen LogP contribution in [0.1, 0.15) is 26.2 Å². The van der Waals surface area contributed by atoms with Gasteiger partial charge in [0.2, 0.25) is 0 Å². The Bertz CT molecular complexity index is 174. The van der Waals surface area contributed by atoms with Crippen LogP contribution in [0.15, 0.2) is 12.2 Å². The van der Waals surface area contributed by atoms with E-state index in [1.165, 1.54) is 12.8 Å². The predicted molar refractivity (Wildman–Crippen MR) is 45.1 cm³/mol. The van der Waals surface area contributed by atoms with Crippen molar-refractivity contribution in [3.8, 4) is 0 Å². The number of allylic oxidation sites excluding steroid dienone is 2. The second-order valence-electron chi connectivity index (χ2n) is 4.01. The first-order valence-corrected chi connectivity index (χ1v) is 4.64. The van der Waals surface area contributed by atoms with Crippen molar-refractivity contribution in [2.45, 2.75) is 32.3 Å². The molecule has 2 aliphatic carbocycles. The summed E-state index contributed by atoms with van der Waals surface area (Å²) in [6.45, 7) is 2.17. The number of hydrogen-bond donors (Lipinski definition) is 1. The van der Waals surface area contributed by atoms with Crippen LogP contribution in [0.4, 0.5) is 0 Å². The smallest absolute Gasteiger partial charge is 0.0574 e. The van der Waals surface area contributed by atoms with E-state index >= 15 is 0 Å². The molecule has 1 nitrogen and oxygen atoms in total. The summed E-state index contributed by atoms with van der Waals surface area (Å²) in [5.41, 5.74) is 0. The van der Waals surface area contributed by atoms with Crippen LogP contribution in [0, 0.1) is 17.8 Å². The third-order valence-corrected chi connectivity index (χ3v) is 3.37. The summed E-state index contributed by atoms with van der Waals surface area (Å²) in [5, 5.41) is 9.59. The Kier molecular flexibility index (Phi) is 1.76. The molecule has 0 aromatic rings. The average Bonchev–Trinajstić information content (AvgIpc) is 2.30. The third-order valence-electron chi connectivity index (χ3n) is 3.37. The lowest BCUT2D eigenvalue weighted by molar-refractivity contribution is 0.133. The second-order valence-corrected chi connectivity index (χ2v) is 4.01. The van der Waals surface area contributed by atoms with Crippen molar-refractivity contribution in [1.82, 2.24) is 0 Å². The Morgan fingerprint density at radius 3 is 3.00 bits per heavy atom. The maximum Gasteiger partial charge on any atom is 0.0574 e. The topological polar surface area (TPSA) is 20.2 Å². The van der Waals surface area contributed by atoms with Crippen LogP contribution in [0.2, 0.25) is 0 Å². The molecule has 62 valence electrons. The van der Waals surface area contributed by atoms with E-state index in [0.717, 1.165) is 12.3 Å². The molecule has 0 heterocycles. The lowest BCUT2D eigenvalue weighted by Crippen LogP contribution is -2.16. The van der Waals surface area contributed by atoms with Gasteiger partial charge in [-0.05, 0) is 37.0 Å². The highest BCUT2D eigenvalue weighted by atomic mass is 16.3. The standard InChI is InChI=1S/C10H16O/c1-7-9-5-3-2-4-8(9)6-10(7)11/h3,5,7-11H,2,4,6H2,1H3/t7-,8?,9?,10+/m0/s1. The number of aliphatic hydroxyl groups excluding tert-OH is 1. The summed E-state index contributed by atoms with van der Waals surface area (Å²) in [4.78, 5) is 0. The first kappa shape index (κ1) is 7.35. The SMILES string of the molecule is C[C@H]1C2C=CCCC2C[C@H]1O. The predicted octanol–water partition coefficient (Wildman–Crippen LogP) is 1.97. The zero-order valence-corrected chi connectivity index (χ0v) is 7.03. The molecule has 0 amide bonds. The Hall–Kier alpha value is -0.300. The minimum absolute atomic E-state index is 0.0345. The Morgan fingerprint density at radius 1 is 1.45 bits per heavy atom. The molecule has 2 unspecified atom stereocenters. The second kappa shape index (κ2) is 2.63. The number of hydrogen-bond acceptors (Lipinski definition) is 1. The van der Waals surface area contributed by atoms with Crippen LogP contribution in [-0.2, 0) is 0 Å². The lowest BCUT2D eigenvalue weighted by Gasteiger charge is -2.22. The molecule has 0 bridgehead atoms. The number of aliphatic hydroxyl groups is 1. The summed E-state index contributed by atoms with van der Waals surface area (Å²) in [6, 6.07) is 0. The maximum atomic E-state index is 9.59. The van der Waals surface area contributed by atoms with Gasteiger partial charge in [-0.1, -0.05) is 19.1 Å². The summed E-state index contributed by atoms with van der Waals surface area (Å²) < 4.78 is 0. The van der Waals surface area contributed by atoms with Gasteiger partial charge in [-0.15, -0.1) is 0 Å². The molecule has 11 heavy (non-hydrogen) atoms. The van der Waals surface area contributed by atoms with Crippen molar-refractivity contribution in [1.29, 1.82) is 0 Å². The first-order chi connectivity index (χ1) is 5.29. The Labute approximate surface area is 68.1 Å². The molecule has 4 atom stereocenters. The molecule has 0 saturated heterocycles. The Balaban J connectivity index is 2.15. The minimum atomic E-state index is -0.0345. The van der Waals surface area contributed by atoms with Gasteiger partial charge in [-0.2, -0.15) is 0 Å². The van der Waals surface area contributed by atoms with E-state index in [2.05, 4.69) is 19.1 Å². The van der Waals surface area contributed by atoms with Gasteiger partial charge in [-0.25, -0.2) is 0 Å². The fourth-order valence-corrected chi connectivity index (χ4v) is 2.57. The molecule has 0 radical (unpaired) electrons. The van der Waals surface area contributed by atoms with Crippen molar-refractivity contribution in [3.05, 3.63) is 12.2 Å². The van der Waals surface area contributed by atoms with Crippen LogP contribution >= 0.6 is 0 Å². The summed E-state index contributed by atoms with van der Waals surface area (Å²) in [7, 11) is 0. The monoisotopic (exact) mass is 152 g/mol. The maximum absolute atomic E-state index is 9.59. The van der Waals surface area contributed by atoms with Crippen molar-refractivity contribution < 1.29 is 5.11 Å². The van der Waals surface area contributed by atoms with Crippen LogP contribution in [-0.4, -0.2) is 11.2 Å². The van der Waals surface area contributed by atoms with Crippen LogP contribution < -0.4 is 0 Å². The summed E-state index contributed by atoms with van der Waals surface area (Å²) >= 11 is 0. The number of fused-ring (bicyclic) bond motifs is 1. The van der Waals surface area contributed by atoms with E-state index in [1.54, 1.807) is 0 Å². The van der Waals surface area contributed by atoms with E-state index in [9.17, 15) is 5.11 Å². The minimum Gasteiger partial charge on any atom is -0.393 e. The first-order valence-electron chi connectivity index (χ1n) is 4.64. The van der Waals surface area contributed by atoms with Gasteiger partial charge in [-0.3, -0.25) is 0 Å². The van der Waals surface area contributed by atoms with Crippen LogP contribution in [0.3, 0.4) is 0 Å². The van der Waals surface area contributed by atoms with Gasteiger partial charge >= 0.3 is 0 Å². The molecule has 2 rings (SSSR count). The summed E-state index contributed by atoms with van der Waals surface area (Å²) in [6.07, 6.45) is 8.11. The van der Waals surface area contributed by atoms with E-state index in [0.29, 0.717) is 11.8 Å². The fraction of sp³-hybridized carbons (Fsp3) is 0.800. The largest absolute Gasteiger partial charge is 0.393 e. The highest BCUT2D eigenvalue weighted by Crippen LogP contribution is 2.42. The molecular formula is C10H16O. The molecule has 1 heteroatoms. The van der Waals surface area contributed by atoms with Gasteiger partial charge in [0.25, 0.3) is 0 Å². The molecule has 1 N–H and O–H groups in total. The molecule has 1 saturated carbocycles. The highest BCUT2D eigenvalue weighted by molar-refractivity contribution is 5.04. The molecule has 0 spiro atoms. The fourth-order valence-electron chi connectivity index (χ4n) is 2.57. The van der Waals surface area contributed by atoms with Crippen LogP contribution in [0.5, 0.6) is 0 Å². The highest BCUT2D eigenvalue weighted by Gasteiger charge is 2.38. The van der Waals surface area contributed by atoms with E-state index in [-0.39, 0.29) is 6.10 Å². The van der Waals surface area contributed by atoms with Gasteiger partial charge in [0.05, 0.1) is 6.10 Å². The molecule has 2 aliphatic rings. The molecule has 0 aliphatic heterocycles. The van der Waals surface area contributed by atoms with Gasteiger partial charge < -0.3 is 5.11 Å². The Morgan fingerprint density at radius 2 is 2.27 bits per heavy atom. The lowest BCUT2D eigenvalue weighted by atomic mass is 9.83. The van der Waals surface area contributed by atoms with Crippen LogP contribution in [0.25, 0.3) is 0 Å². The molecule has 0 aromatic heterocycles. The zero-order valence-electron chi connectivity index (χ0n) is 7.03. The quantitative estimate of drug-likeness (QED) is 0.526. The molecule has 1 fully saturated rings. The van der Waals surface area contributed by atoms with Crippen molar-refractivity contribution >= 4 is 0 Å². The zero-order chi connectivity index (χ0) is 7.84. The average molecular weight is 152 g/mol. The van der Waals surface area contributed by atoms with Gasteiger partial charge in [0.15, 0.2) is 0 Å². The van der Waals surface area contributed by atoms with Crippen molar-refractivity contribution in [3.63, 3.8) is 0 Å². The third kappa shape index (κ3) is 1.12.